The lowest BCUT2D eigenvalue weighted by atomic mass is 9.96. The second kappa shape index (κ2) is 6.40. The summed E-state index contributed by atoms with van der Waals surface area (Å²) in [6.07, 6.45) is 5.24. The van der Waals surface area contributed by atoms with Crippen molar-refractivity contribution in [1.82, 2.24) is 15.0 Å². The maximum atomic E-state index is 5.91. The van der Waals surface area contributed by atoms with Crippen molar-refractivity contribution in [3.05, 3.63) is 36.3 Å². The second-order valence-electron chi connectivity index (χ2n) is 6.01. The number of ether oxygens (including phenoxy) is 1. The Hall–Kier alpha value is -2.01. The number of aryl methyl sites for hydroxylation is 1. The molecule has 1 fully saturated rings. The van der Waals surface area contributed by atoms with Crippen LogP contribution in [0.3, 0.4) is 0 Å². The van der Waals surface area contributed by atoms with Crippen molar-refractivity contribution >= 4 is 5.82 Å². The van der Waals surface area contributed by atoms with Gasteiger partial charge in [-0.2, -0.15) is 0 Å². The molecule has 2 aromatic rings. The van der Waals surface area contributed by atoms with Crippen LogP contribution in [-0.2, 0) is 4.74 Å². The molecule has 1 aliphatic heterocycles. The summed E-state index contributed by atoms with van der Waals surface area (Å²) in [5, 5.41) is 3.40. The van der Waals surface area contributed by atoms with Gasteiger partial charge in [0.15, 0.2) is 0 Å². The highest BCUT2D eigenvalue weighted by Gasteiger charge is 2.27. The van der Waals surface area contributed by atoms with Gasteiger partial charge in [0.2, 0.25) is 0 Å². The van der Waals surface area contributed by atoms with Crippen LogP contribution in [0.25, 0.3) is 11.4 Å². The minimum absolute atomic E-state index is 0.109. The molecule has 1 unspecified atom stereocenters. The van der Waals surface area contributed by atoms with Crippen LogP contribution in [0, 0.1) is 6.92 Å². The average Bonchev–Trinajstić information content (AvgIpc) is 2.54. The van der Waals surface area contributed by atoms with E-state index in [1.807, 2.05) is 31.2 Å². The van der Waals surface area contributed by atoms with Crippen LogP contribution in [0.4, 0.5) is 5.82 Å². The number of rotatable bonds is 4. The monoisotopic (exact) mass is 298 g/mol. The Labute approximate surface area is 131 Å². The van der Waals surface area contributed by atoms with Crippen molar-refractivity contribution in [3.8, 4) is 11.4 Å². The molecule has 116 valence electrons. The summed E-state index contributed by atoms with van der Waals surface area (Å²) in [5.74, 6) is 1.56. The lowest BCUT2D eigenvalue weighted by Crippen LogP contribution is -2.39. The van der Waals surface area contributed by atoms with Crippen LogP contribution in [0.15, 0.2) is 30.5 Å². The third kappa shape index (κ3) is 3.60. The molecule has 0 aliphatic carbocycles. The molecule has 1 aliphatic rings. The van der Waals surface area contributed by atoms with E-state index in [9.17, 15) is 0 Å². The normalized spacial score (nSPS) is 21.5. The summed E-state index contributed by atoms with van der Waals surface area (Å²) >= 11 is 0. The molecule has 1 atom stereocenters. The smallest absolute Gasteiger partial charge is 0.130 e. The van der Waals surface area contributed by atoms with Gasteiger partial charge in [0, 0.05) is 25.4 Å². The molecular weight excluding hydrogens is 276 g/mol. The number of nitrogens with one attached hydrogen (secondary N) is 1. The first-order valence-corrected chi connectivity index (χ1v) is 7.80. The van der Waals surface area contributed by atoms with E-state index < -0.39 is 0 Å². The van der Waals surface area contributed by atoms with Gasteiger partial charge in [-0.05, 0) is 45.2 Å². The molecule has 0 bridgehead atoms. The van der Waals surface area contributed by atoms with Gasteiger partial charge in [-0.15, -0.1) is 0 Å². The van der Waals surface area contributed by atoms with Gasteiger partial charge in [0.05, 0.1) is 17.0 Å². The Bertz CT molecular complexity index is 624. The zero-order chi connectivity index (χ0) is 15.4. The predicted molar refractivity (Wildman–Crippen MR) is 86.7 cm³/mol. The number of nitrogens with zero attached hydrogens (tertiary/aromatic N) is 3. The van der Waals surface area contributed by atoms with Gasteiger partial charge in [-0.1, -0.05) is 6.07 Å². The van der Waals surface area contributed by atoms with Crippen molar-refractivity contribution in [3.63, 3.8) is 0 Å². The largest absolute Gasteiger partial charge is 0.373 e. The van der Waals surface area contributed by atoms with E-state index in [1.54, 1.807) is 6.20 Å². The van der Waals surface area contributed by atoms with Gasteiger partial charge >= 0.3 is 0 Å². The summed E-state index contributed by atoms with van der Waals surface area (Å²) < 4.78 is 5.91. The Morgan fingerprint density at radius 2 is 2.14 bits per heavy atom. The Morgan fingerprint density at radius 3 is 2.86 bits per heavy atom. The summed E-state index contributed by atoms with van der Waals surface area (Å²) in [6, 6.07) is 7.76. The first-order valence-electron chi connectivity index (χ1n) is 7.80. The highest BCUT2D eigenvalue weighted by atomic mass is 16.5. The number of aromatic nitrogens is 3. The molecule has 5 heteroatoms. The zero-order valence-electron chi connectivity index (χ0n) is 13.2. The Morgan fingerprint density at radius 1 is 1.23 bits per heavy atom. The SMILES string of the molecule is Cc1nc(NCC2(C)CCCCO2)cc(-c2ccccn2)n1. The summed E-state index contributed by atoms with van der Waals surface area (Å²) in [5.41, 5.74) is 1.59. The topological polar surface area (TPSA) is 59.9 Å². The van der Waals surface area contributed by atoms with Gasteiger partial charge in [-0.3, -0.25) is 4.98 Å². The van der Waals surface area contributed by atoms with E-state index in [0.29, 0.717) is 0 Å². The van der Waals surface area contributed by atoms with Crippen molar-refractivity contribution in [2.75, 3.05) is 18.5 Å². The molecule has 22 heavy (non-hydrogen) atoms. The van der Waals surface area contributed by atoms with E-state index in [4.69, 9.17) is 4.74 Å². The first-order chi connectivity index (χ1) is 10.6. The molecule has 3 rings (SSSR count). The van der Waals surface area contributed by atoms with E-state index in [-0.39, 0.29) is 5.60 Å². The third-order valence-corrected chi connectivity index (χ3v) is 3.96. The second-order valence-corrected chi connectivity index (χ2v) is 6.01. The molecule has 0 saturated carbocycles. The van der Waals surface area contributed by atoms with E-state index >= 15 is 0 Å². The highest BCUT2D eigenvalue weighted by Crippen LogP contribution is 2.25. The van der Waals surface area contributed by atoms with Crippen LogP contribution in [-0.4, -0.2) is 33.7 Å². The van der Waals surface area contributed by atoms with Crippen molar-refractivity contribution in [2.24, 2.45) is 0 Å². The minimum atomic E-state index is -0.109. The summed E-state index contributed by atoms with van der Waals surface area (Å²) in [4.78, 5) is 13.3. The summed E-state index contributed by atoms with van der Waals surface area (Å²) in [6.45, 7) is 5.66. The van der Waals surface area contributed by atoms with Gasteiger partial charge in [0.25, 0.3) is 0 Å². The van der Waals surface area contributed by atoms with Crippen LogP contribution >= 0.6 is 0 Å². The molecule has 3 heterocycles. The first kappa shape index (κ1) is 14.9. The lowest BCUT2D eigenvalue weighted by molar-refractivity contribution is -0.0551. The van der Waals surface area contributed by atoms with Crippen molar-refractivity contribution < 1.29 is 4.74 Å². The fourth-order valence-electron chi connectivity index (χ4n) is 2.71. The fourth-order valence-corrected chi connectivity index (χ4v) is 2.71. The van der Waals surface area contributed by atoms with Crippen LogP contribution in [0.5, 0.6) is 0 Å². The van der Waals surface area contributed by atoms with Crippen molar-refractivity contribution in [2.45, 2.75) is 38.7 Å². The van der Waals surface area contributed by atoms with E-state index in [1.165, 1.54) is 6.42 Å². The molecule has 1 N–H and O–H groups in total. The maximum Gasteiger partial charge on any atom is 0.130 e. The Balaban J connectivity index is 1.75. The highest BCUT2D eigenvalue weighted by molar-refractivity contribution is 5.58. The van der Waals surface area contributed by atoms with Crippen LogP contribution < -0.4 is 5.32 Å². The molecule has 0 radical (unpaired) electrons. The molecule has 5 nitrogen and oxygen atoms in total. The molecule has 0 amide bonds. The molecule has 2 aromatic heterocycles. The molecule has 0 spiro atoms. The average molecular weight is 298 g/mol. The van der Waals surface area contributed by atoms with Crippen LogP contribution in [0.2, 0.25) is 0 Å². The number of pyridine rings is 1. The third-order valence-electron chi connectivity index (χ3n) is 3.96. The lowest BCUT2D eigenvalue weighted by Gasteiger charge is -2.34. The molecule has 1 saturated heterocycles. The van der Waals surface area contributed by atoms with Gasteiger partial charge in [-0.25, -0.2) is 9.97 Å². The number of hydrogen-bond acceptors (Lipinski definition) is 5. The van der Waals surface area contributed by atoms with Crippen LogP contribution in [0.1, 0.15) is 32.0 Å². The molecule has 0 aromatic carbocycles. The number of hydrogen-bond donors (Lipinski definition) is 1. The zero-order valence-corrected chi connectivity index (χ0v) is 13.2. The standard InChI is InChI=1S/C17H22N4O/c1-13-20-15(14-7-3-5-9-18-14)11-16(21-13)19-12-17(2)8-4-6-10-22-17/h3,5,7,9,11H,4,6,8,10,12H2,1-2H3,(H,19,20,21). The van der Waals surface area contributed by atoms with Crippen molar-refractivity contribution in [1.29, 1.82) is 0 Å². The fraction of sp³-hybridized carbons (Fsp3) is 0.471. The molecular formula is C17H22N4O. The number of anilines is 1. The predicted octanol–water partition coefficient (Wildman–Crippen LogP) is 3.22. The van der Waals surface area contributed by atoms with Gasteiger partial charge < -0.3 is 10.1 Å². The minimum Gasteiger partial charge on any atom is -0.373 e. The van der Waals surface area contributed by atoms with E-state index in [2.05, 4.69) is 27.2 Å². The quantitative estimate of drug-likeness (QED) is 0.939. The Kier molecular flexibility index (Phi) is 4.34. The maximum absolute atomic E-state index is 5.91. The summed E-state index contributed by atoms with van der Waals surface area (Å²) in [7, 11) is 0. The van der Waals surface area contributed by atoms with Gasteiger partial charge in [0.1, 0.15) is 11.6 Å². The van der Waals surface area contributed by atoms with E-state index in [0.717, 1.165) is 49.0 Å².